The van der Waals surface area contributed by atoms with Gasteiger partial charge >= 0.3 is 0 Å². The molecule has 0 bridgehead atoms. The van der Waals surface area contributed by atoms with Crippen molar-refractivity contribution in [2.24, 2.45) is 0 Å². The molecule has 1 aliphatic heterocycles. The molecule has 10 nitrogen and oxygen atoms in total. The van der Waals surface area contributed by atoms with Crippen LogP contribution in [0.5, 0.6) is 0 Å². The van der Waals surface area contributed by atoms with E-state index in [2.05, 4.69) is 25.7 Å². The summed E-state index contributed by atoms with van der Waals surface area (Å²) in [6.07, 6.45) is 3.09. The number of morpholine rings is 1. The summed E-state index contributed by atoms with van der Waals surface area (Å²) in [7, 11) is 0. The fourth-order valence-corrected chi connectivity index (χ4v) is 2.93. The number of carbonyl (C=O) groups is 2. The van der Waals surface area contributed by atoms with Gasteiger partial charge in [-0.05, 0) is 29.5 Å². The van der Waals surface area contributed by atoms with Crippen LogP contribution < -0.4 is 5.32 Å². The molecule has 2 amide bonds. The summed E-state index contributed by atoms with van der Waals surface area (Å²) < 4.78 is 5.26. The Morgan fingerprint density at radius 3 is 2.72 bits per heavy atom. The predicted molar refractivity (Wildman–Crippen MR) is 103 cm³/mol. The summed E-state index contributed by atoms with van der Waals surface area (Å²) in [6.45, 7) is 2.18. The van der Waals surface area contributed by atoms with Gasteiger partial charge in [0.1, 0.15) is 6.54 Å². The number of ether oxygens (including phenoxy) is 1. The molecule has 4 rings (SSSR count). The number of hydrogen-bond donors (Lipinski definition) is 1. The number of anilines is 1. The zero-order valence-corrected chi connectivity index (χ0v) is 15.6. The first-order valence-corrected chi connectivity index (χ1v) is 9.15. The Hall–Kier alpha value is -3.66. The number of aromatic nitrogens is 5. The summed E-state index contributed by atoms with van der Waals surface area (Å²) in [5, 5.41) is 15.2. The second-order valence-corrected chi connectivity index (χ2v) is 6.38. The Balaban J connectivity index is 1.49. The number of amides is 2. The molecule has 10 heteroatoms. The lowest BCUT2D eigenvalue weighted by molar-refractivity contribution is -0.136. The van der Waals surface area contributed by atoms with Crippen LogP contribution in [0, 0.1) is 0 Å². The molecule has 0 saturated carbocycles. The number of nitrogens with zero attached hydrogens (tertiary/aromatic N) is 6. The Morgan fingerprint density at radius 1 is 1.10 bits per heavy atom. The lowest BCUT2D eigenvalue weighted by atomic mass is 10.1. The van der Waals surface area contributed by atoms with E-state index in [4.69, 9.17) is 4.74 Å². The van der Waals surface area contributed by atoms with Gasteiger partial charge in [-0.1, -0.05) is 12.1 Å². The second-order valence-electron chi connectivity index (χ2n) is 6.38. The molecule has 1 aliphatic rings. The van der Waals surface area contributed by atoms with E-state index < -0.39 is 0 Å². The topological polar surface area (TPSA) is 115 Å². The minimum Gasteiger partial charge on any atom is -0.378 e. The average molecular weight is 393 g/mol. The minimum absolute atomic E-state index is 0.00277. The van der Waals surface area contributed by atoms with Crippen LogP contribution >= 0.6 is 0 Å². The van der Waals surface area contributed by atoms with Crippen LogP contribution in [0.4, 0.5) is 5.69 Å². The molecule has 2 aromatic heterocycles. The molecule has 0 radical (unpaired) electrons. The maximum Gasteiger partial charge on any atom is 0.257 e. The highest BCUT2D eigenvalue weighted by molar-refractivity contribution is 6.05. The summed E-state index contributed by atoms with van der Waals surface area (Å²) in [5.74, 6) is -0.0577. The fourth-order valence-electron chi connectivity index (χ4n) is 2.93. The summed E-state index contributed by atoms with van der Waals surface area (Å²) in [5.41, 5.74) is 1.59. The van der Waals surface area contributed by atoms with Crippen LogP contribution in [0.1, 0.15) is 10.4 Å². The number of para-hydroxylation sites is 1. The molecule has 0 aliphatic carbocycles. The third-order valence-corrected chi connectivity index (χ3v) is 4.43. The monoisotopic (exact) mass is 393 g/mol. The van der Waals surface area contributed by atoms with E-state index in [0.29, 0.717) is 48.9 Å². The number of tetrazole rings is 1. The van der Waals surface area contributed by atoms with Crippen LogP contribution in [0.15, 0.2) is 48.8 Å². The van der Waals surface area contributed by atoms with Gasteiger partial charge in [-0.3, -0.25) is 14.6 Å². The van der Waals surface area contributed by atoms with Crippen molar-refractivity contribution in [3.8, 4) is 11.4 Å². The minimum atomic E-state index is -0.291. The zero-order chi connectivity index (χ0) is 20.1. The van der Waals surface area contributed by atoms with Crippen molar-refractivity contribution in [1.82, 2.24) is 30.1 Å². The van der Waals surface area contributed by atoms with Crippen LogP contribution in [0.2, 0.25) is 0 Å². The lowest BCUT2D eigenvalue weighted by Crippen LogP contribution is -2.42. The quantitative estimate of drug-likeness (QED) is 0.683. The molecular weight excluding hydrogens is 374 g/mol. The molecule has 1 N–H and O–H groups in total. The van der Waals surface area contributed by atoms with Crippen LogP contribution in [0.3, 0.4) is 0 Å². The summed E-state index contributed by atoms with van der Waals surface area (Å²) in [4.78, 5) is 31.7. The predicted octanol–water partition coefficient (Wildman–Crippen LogP) is 0.846. The van der Waals surface area contributed by atoms with E-state index in [1.54, 1.807) is 41.4 Å². The highest BCUT2D eigenvalue weighted by atomic mass is 16.5. The molecule has 1 aromatic carbocycles. The molecule has 148 valence electrons. The smallest absolute Gasteiger partial charge is 0.257 e. The van der Waals surface area contributed by atoms with Gasteiger partial charge in [0, 0.05) is 31.0 Å². The first kappa shape index (κ1) is 18.7. The number of rotatable bonds is 5. The van der Waals surface area contributed by atoms with E-state index in [-0.39, 0.29) is 18.4 Å². The van der Waals surface area contributed by atoms with Crippen LogP contribution in [-0.2, 0) is 16.1 Å². The van der Waals surface area contributed by atoms with Crippen molar-refractivity contribution in [3.63, 3.8) is 0 Å². The third kappa shape index (κ3) is 4.43. The van der Waals surface area contributed by atoms with Gasteiger partial charge in [0.15, 0.2) is 0 Å². The van der Waals surface area contributed by atoms with E-state index in [0.717, 1.165) is 0 Å². The largest absolute Gasteiger partial charge is 0.378 e. The molecular formula is C19H19N7O3. The molecule has 0 atom stereocenters. The van der Waals surface area contributed by atoms with Crippen molar-refractivity contribution in [2.45, 2.75) is 6.54 Å². The summed E-state index contributed by atoms with van der Waals surface area (Å²) >= 11 is 0. The SMILES string of the molecule is O=C(Nc1ccccc1-c1nnn(CC(=O)N2CCOCC2)n1)c1cccnc1. The number of hydrogen-bond acceptors (Lipinski definition) is 7. The average Bonchev–Trinajstić information content (AvgIpc) is 3.23. The standard InChI is InChI=1S/C19H19N7O3/c27-17(25-8-10-29-11-9-25)13-26-23-18(22-24-26)15-5-1-2-6-16(15)21-19(28)14-4-3-7-20-12-14/h1-7,12H,8-11,13H2,(H,21,28). The molecule has 3 heterocycles. The van der Waals surface area contributed by atoms with E-state index in [9.17, 15) is 9.59 Å². The highest BCUT2D eigenvalue weighted by Crippen LogP contribution is 2.24. The molecule has 1 saturated heterocycles. The first-order chi connectivity index (χ1) is 14.2. The number of pyridine rings is 1. The van der Waals surface area contributed by atoms with Crippen LogP contribution in [-0.4, -0.2) is 68.2 Å². The maximum atomic E-state index is 12.5. The van der Waals surface area contributed by atoms with Gasteiger partial charge < -0.3 is 15.0 Å². The first-order valence-electron chi connectivity index (χ1n) is 9.15. The number of nitrogens with one attached hydrogen (secondary N) is 1. The Kier molecular flexibility index (Phi) is 5.52. The molecule has 1 fully saturated rings. The van der Waals surface area contributed by atoms with Gasteiger partial charge in [-0.15, -0.1) is 10.2 Å². The van der Waals surface area contributed by atoms with E-state index in [1.807, 2.05) is 6.07 Å². The second kappa shape index (κ2) is 8.57. The summed E-state index contributed by atoms with van der Waals surface area (Å²) in [6, 6.07) is 10.5. The molecule has 0 spiro atoms. The number of benzene rings is 1. The van der Waals surface area contributed by atoms with Gasteiger partial charge in [-0.2, -0.15) is 4.80 Å². The van der Waals surface area contributed by atoms with Crippen molar-refractivity contribution in [1.29, 1.82) is 0 Å². The molecule has 29 heavy (non-hydrogen) atoms. The molecule has 3 aromatic rings. The van der Waals surface area contributed by atoms with Crippen molar-refractivity contribution in [3.05, 3.63) is 54.4 Å². The maximum absolute atomic E-state index is 12.5. The van der Waals surface area contributed by atoms with Crippen molar-refractivity contribution in [2.75, 3.05) is 31.6 Å². The Bertz CT molecular complexity index is 1000. The highest BCUT2D eigenvalue weighted by Gasteiger charge is 2.19. The number of carbonyl (C=O) groups excluding carboxylic acids is 2. The Labute approximate surface area is 166 Å². The van der Waals surface area contributed by atoms with Gasteiger partial charge in [0.05, 0.1) is 24.5 Å². The van der Waals surface area contributed by atoms with Gasteiger partial charge in [-0.25, -0.2) is 0 Å². The Morgan fingerprint density at radius 2 is 1.93 bits per heavy atom. The molecule has 0 unspecified atom stereocenters. The lowest BCUT2D eigenvalue weighted by Gasteiger charge is -2.26. The fraction of sp³-hybridized carbons (Fsp3) is 0.263. The van der Waals surface area contributed by atoms with Gasteiger partial charge in [0.25, 0.3) is 5.91 Å². The zero-order valence-electron chi connectivity index (χ0n) is 15.6. The van der Waals surface area contributed by atoms with Crippen LogP contribution in [0.25, 0.3) is 11.4 Å². The van der Waals surface area contributed by atoms with Crippen molar-refractivity contribution < 1.29 is 14.3 Å². The van der Waals surface area contributed by atoms with Gasteiger partial charge in [0.2, 0.25) is 11.7 Å². The van der Waals surface area contributed by atoms with E-state index >= 15 is 0 Å². The normalized spacial score (nSPS) is 13.9. The third-order valence-electron chi connectivity index (χ3n) is 4.43. The van der Waals surface area contributed by atoms with E-state index in [1.165, 1.54) is 11.0 Å². The van der Waals surface area contributed by atoms with Crippen molar-refractivity contribution >= 4 is 17.5 Å².